The van der Waals surface area contributed by atoms with Crippen molar-refractivity contribution >= 4 is 5.91 Å². The van der Waals surface area contributed by atoms with Gasteiger partial charge >= 0.3 is 0 Å². The lowest BCUT2D eigenvalue weighted by Crippen LogP contribution is -2.41. The van der Waals surface area contributed by atoms with Gasteiger partial charge in [0.05, 0.1) is 27.4 Å². The first-order chi connectivity index (χ1) is 13.2. The van der Waals surface area contributed by atoms with Crippen LogP contribution in [0.25, 0.3) is 0 Å². The Labute approximate surface area is 160 Å². The fourth-order valence-corrected chi connectivity index (χ4v) is 3.42. The van der Waals surface area contributed by atoms with Gasteiger partial charge in [-0.15, -0.1) is 0 Å². The van der Waals surface area contributed by atoms with Gasteiger partial charge in [-0.3, -0.25) is 4.79 Å². The Morgan fingerprint density at radius 1 is 1.07 bits per heavy atom. The number of hydrogen-bond donors (Lipinski definition) is 0. The van der Waals surface area contributed by atoms with E-state index in [1.54, 1.807) is 32.4 Å². The third-order valence-electron chi connectivity index (χ3n) is 4.87. The zero-order valence-corrected chi connectivity index (χ0v) is 16.0. The Bertz CT molecular complexity index is 725. The lowest BCUT2D eigenvalue weighted by atomic mass is 9.98. The summed E-state index contributed by atoms with van der Waals surface area (Å²) < 4.78 is 16.4. The first-order valence-electron chi connectivity index (χ1n) is 9.33. The maximum absolute atomic E-state index is 13.0. The van der Waals surface area contributed by atoms with E-state index in [9.17, 15) is 4.79 Å². The van der Waals surface area contributed by atoms with E-state index in [2.05, 4.69) is 12.1 Å². The average molecular weight is 369 g/mol. The number of likely N-dealkylation sites (tertiary alicyclic amines) is 1. The normalized spacial score (nSPS) is 16.8. The second kappa shape index (κ2) is 9.42. The molecule has 27 heavy (non-hydrogen) atoms. The molecule has 1 heterocycles. The largest absolute Gasteiger partial charge is 0.497 e. The van der Waals surface area contributed by atoms with Gasteiger partial charge in [-0.2, -0.15) is 0 Å². The first kappa shape index (κ1) is 19.2. The summed E-state index contributed by atoms with van der Waals surface area (Å²) >= 11 is 0. The standard InChI is InChI=1S/C22H27NO4/c1-25-20-11-19(12-21(13-20)26-2)22(24)23-10-6-9-18(14-23)16-27-15-17-7-4-3-5-8-17/h3-5,7-8,11-13,18H,6,9-10,14-16H2,1-2H3. The Kier molecular flexibility index (Phi) is 6.71. The molecule has 1 amide bonds. The van der Waals surface area contributed by atoms with Crippen LogP contribution in [0.3, 0.4) is 0 Å². The maximum atomic E-state index is 13.0. The zero-order valence-electron chi connectivity index (χ0n) is 16.0. The van der Waals surface area contributed by atoms with E-state index in [0.717, 1.165) is 19.4 Å². The molecule has 1 saturated heterocycles. The molecule has 0 bridgehead atoms. The topological polar surface area (TPSA) is 48.0 Å². The highest BCUT2D eigenvalue weighted by Gasteiger charge is 2.25. The Hall–Kier alpha value is -2.53. The molecule has 0 spiro atoms. The molecule has 5 heteroatoms. The van der Waals surface area contributed by atoms with Gasteiger partial charge in [0.15, 0.2) is 0 Å². The number of nitrogens with zero attached hydrogens (tertiary/aromatic N) is 1. The number of methoxy groups -OCH3 is 2. The van der Waals surface area contributed by atoms with Crippen molar-refractivity contribution < 1.29 is 19.0 Å². The molecule has 1 aliphatic heterocycles. The fraction of sp³-hybridized carbons (Fsp3) is 0.409. The summed E-state index contributed by atoms with van der Waals surface area (Å²) in [4.78, 5) is 14.9. The second-order valence-corrected chi connectivity index (χ2v) is 6.86. The van der Waals surface area contributed by atoms with Crippen LogP contribution in [0.15, 0.2) is 48.5 Å². The van der Waals surface area contributed by atoms with Crippen LogP contribution in [0, 0.1) is 5.92 Å². The third-order valence-corrected chi connectivity index (χ3v) is 4.87. The van der Waals surface area contributed by atoms with Gasteiger partial charge in [0, 0.05) is 24.7 Å². The number of carbonyl (C=O) groups is 1. The van der Waals surface area contributed by atoms with Gasteiger partial charge in [0.1, 0.15) is 11.5 Å². The predicted octanol–water partition coefficient (Wildman–Crippen LogP) is 3.77. The Balaban J connectivity index is 1.58. The molecule has 1 aliphatic rings. The van der Waals surface area contributed by atoms with Crippen molar-refractivity contribution in [1.82, 2.24) is 4.90 Å². The minimum Gasteiger partial charge on any atom is -0.497 e. The lowest BCUT2D eigenvalue weighted by molar-refractivity contribution is 0.0425. The van der Waals surface area contributed by atoms with Crippen molar-refractivity contribution in [1.29, 1.82) is 0 Å². The highest BCUT2D eigenvalue weighted by atomic mass is 16.5. The Morgan fingerprint density at radius 3 is 2.44 bits per heavy atom. The third kappa shape index (κ3) is 5.23. The maximum Gasteiger partial charge on any atom is 0.254 e. The van der Waals surface area contributed by atoms with E-state index in [-0.39, 0.29) is 5.91 Å². The lowest BCUT2D eigenvalue weighted by Gasteiger charge is -2.32. The van der Waals surface area contributed by atoms with E-state index in [1.807, 2.05) is 23.1 Å². The van der Waals surface area contributed by atoms with Crippen LogP contribution in [-0.2, 0) is 11.3 Å². The number of amides is 1. The minimum atomic E-state index is 0.0139. The molecule has 0 aliphatic carbocycles. The molecular formula is C22H27NO4. The first-order valence-corrected chi connectivity index (χ1v) is 9.33. The number of piperidine rings is 1. The summed E-state index contributed by atoms with van der Waals surface area (Å²) in [6.45, 7) is 2.76. The van der Waals surface area contributed by atoms with Crippen molar-refractivity contribution in [2.45, 2.75) is 19.4 Å². The van der Waals surface area contributed by atoms with Crippen LogP contribution in [0.2, 0.25) is 0 Å². The van der Waals surface area contributed by atoms with Crippen LogP contribution < -0.4 is 9.47 Å². The van der Waals surface area contributed by atoms with Crippen molar-refractivity contribution in [3.63, 3.8) is 0 Å². The van der Waals surface area contributed by atoms with Crippen LogP contribution in [0.4, 0.5) is 0 Å². The molecule has 5 nitrogen and oxygen atoms in total. The van der Waals surface area contributed by atoms with Gasteiger partial charge in [-0.05, 0) is 36.5 Å². The average Bonchev–Trinajstić information content (AvgIpc) is 2.73. The van der Waals surface area contributed by atoms with Gasteiger partial charge < -0.3 is 19.1 Å². The van der Waals surface area contributed by atoms with E-state index in [1.165, 1.54) is 5.56 Å². The Morgan fingerprint density at radius 2 is 1.78 bits per heavy atom. The summed E-state index contributed by atoms with van der Waals surface area (Å²) in [6, 6.07) is 15.5. The molecule has 1 atom stereocenters. The predicted molar refractivity (Wildman–Crippen MR) is 104 cm³/mol. The van der Waals surface area contributed by atoms with Gasteiger partial charge in [0.25, 0.3) is 5.91 Å². The van der Waals surface area contributed by atoms with Crippen LogP contribution in [-0.4, -0.2) is 44.7 Å². The molecule has 2 aromatic carbocycles. The highest BCUT2D eigenvalue weighted by Crippen LogP contribution is 2.25. The van der Waals surface area contributed by atoms with Crippen molar-refractivity contribution in [2.75, 3.05) is 33.9 Å². The molecule has 3 rings (SSSR count). The molecule has 0 N–H and O–H groups in total. The van der Waals surface area contributed by atoms with Crippen LogP contribution in [0.1, 0.15) is 28.8 Å². The molecular weight excluding hydrogens is 342 g/mol. The monoisotopic (exact) mass is 369 g/mol. The molecule has 1 unspecified atom stereocenters. The second-order valence-electron chi connectivity index (χ2n) is 6.86. The minimum absolute atomic E-state index is 0.0139. The number of ether oxygens (including phenoxy) is 3. The van der Waals surface area contributed by atoms with Gasteiger partial charge in [0.2, 0.25) is 0 Å². The van der Waals surface area contributed by atoms with Crippen LogP contribution >= 0.6 is 0 Å². The van der Waals surface area contributed by atoms with Crippen molar-refractivity contribution in [3.05, 3.63) is 59.7 Å². The quantitative estimate of drug-likeness (QED) is 0.745. The van der Waals surface area contributed by atoms with Crippen molar-refractivity contribution in [3.8, 4) is 11.5 Å². The molecule has 0 radical (unpaired) electrons. The highest BCUT2D eigenvalue weighted by molar-refractivity contribution is 5.95. The summed E-state index contributed by atoms with van der Waals surface area (Å²) in [5.41, 5.74) is 1.77. The summed E-state index contributed by atoms with van der Waals surface area (Å²) in [5.74, 6) is 1.62. The summed E-state index contributed by atoms with van der Waals surface area (Å²) in [7, 11) is 3.17. The molecule has 2 aromatic rings. The number of benzene rings is 2. The van der Waals surface area contributed by atoms with E-state index in [0.29, 0.717) is 42.7 Å². The van der Waals surface area contributed by atoms with E-state index < -0.39 is 0 Å². The van der Waals surface area contributed by atoms with Gasteiger partial charge in [-0.25, -0.2) is 0 Å². The SMILES string of the molecule is COc1cc(OC)cc(C(=O)N2CCCC(COCc3ccccc3)C2)c1. The zero-order chi connectivity index (χ0) is 19.1. The van der Waals surface area contributed by atoms with E-state index >= 15 is 0 Å². The molecule has 0 aromatic heterocycles. The van der Waals surface area contributed by atoms with E-state index in [4.69, 9.17) is 14.2 Å². The molecule has 0 saturated carbocycles. The number of rotatable bonds is 7. The van der Waals surface area contributed by atoms with Gasteiger partial charge in [-0.1, -0.05) is 30.3 Å². The molecule has 144 valence electrons. The smallest absolute Gasteiger partial charge is 0.254 e. The summed E-state index contributed by atoms with van der Waals surface area (Å²) in [5, 5.41) is 0. The fourth-order valence-electron chi connectivity index (χ4n) is 3.42. The molecule has 1 fully saturated rings. The van der Waals surface area contributed by atoms with Crippen molar-refractivity contribution in [2.24, 2.45) is 5.92 Å². The number of carbonyl (C=O) groups excluding carboxylic acids is 1. The summed E-state index contributed by atoms with van der Waals surface area (Å²) in [6.07, 6.45) is 2.08. The van der Waals surface area contributed by atoms with Crippen LogP contribution in [0.5, 0.6) is 11.5 Å². The number of hydrogen-bond acceptors (Lipinski definition) is 4.